The van der Waals surface area contributed by atoms with Crippen molar-refractivity contribution < 1.29 is 14.3 Å². The zero-order valence-corrected chi connectivity index (χ0v) is 8.87. The van der Waals surface area contributed by atoms with Crippen molar-refractivity contribution in [3.05, 3.63) is 29.6 Å². The third-order valence-corrected chi connectivity index (χ3v) is 2.78. The summed E-state index contributed by atoms with van der Waals surface area (Å²) in [5.74, 6) is -0.834. The van der Waals surface area contributed by atoms with Gasteiger partial charge in [0, 0.05) is 12.2 Å². The summed E-state index contributed by atoms with van der Waals surface area (Å²) in [6.45, 7) is 0.747. The van der Waals surface area contributed by atoms with Crippen LogP contribution in [0.4, 0.5) is 10.1 Å². The monoisotopic (exact) mass is 223 g/mol. The van der Waals surface area contributed by atoms with Crippen LogP contribution in [0.3, 0.4) is 0 Å². The quantitative estimate of drug-likeness (QED) is 0.806. The molecule has 0 atom stereocenters. The molecule has 0 spiro atoms. The van der Waals surface area contributed by atoms with E-state index < -0.39 is 11.8 Å². The molecule has 2 rings (SSSR count). The Balaban J connectivity index is 2.02. The highest BCUT2D eigenvalue weighted by atomic mass is 19.1. The van der Waals surface area contributed by atoms with Crippen LogP contribution in [0.2, 0.25) is 0 Å². The average Bonchev–Trinajstić information content (AvgIpc) is 3.04. The van der Waals surface area contributed by atoms with Crippen molar-refractivity contribution in [2.45, 2.75) is 19.3 Å². The molecular weight excluding hydrogens is 209 g/mol. The smallest absolute Gasteiger partial charge is 0.337 e. The topological polar surface area (TPSA) is 49.3 Å². The Morgan fingerprint density at radius 3 is 2.88 bits per heavy atom. The zero-order valence-electron chi connectivity index (χ0n) is 8.87. The minimum absolute atomic E-state index is 0.00389. The van der Waals surface area contributed by atoms with Crippen molar-refractivity contribution in [1.82, 2.24) is 0 Å². The molecule has 3 nitrogen and oxygen atoms in total. The molecule has 0 heterocycles. The highest BCUT2D eigenvalue weighted by molar-refractivity contribution is 5.94. The predicted molar refractivity (Wildman–Crippen MR) is 59.2 cm³/mol. The maximum atomic E-state index is 12.9. The molecule has 1 aliphatic rings. The van der Waals surface area contributed by atoms with E-state index in [2.05, 4.69) is 5.32 Å². The first-order chi connectivity index (χ1) is 7.66. The van der Waals surface area contributed by atoms with Crippen molar-refractivity contribution in [2.75, 3.05) is 11.9 Å². The van der Waals surface area contributed by atoms with E-state index in [1.165, 1.54) is 25.0 Å². The number of nitrogens with one attached hydrogen (secondary N) is 1. The molecule has 1 aromatic carbocycles. The molecule has 0 saturated heterocycles. The fraction of sp³-hybridized carbons (Fsp3) is 0.417. The van der Waals surface area contributed by atoms with Crippen LogP contribution in [-0.4, -0.2) is 17.6 Å². The zero-order chi connectivity index (χ0) is 11.5. The van der Waals surface area contributed by atoms with Gasteiger partial charge in [0.25, 0.3) is 0 Å². The van der Waals surface area contributed by atoms with Gasteiger partial charge in [-0.15, -0.1) is 0 Å². The molecular formula is C12H14FNO2. The van der Waals surface area contributed by atoms with Gasteiger partial charge in [-0.2, -0.15) is 0 Å². The number of hydrogen-bond donors (Lipinski definition) is 2. The predicted octanol–water partition coefficient (Wildman–Crippen LogP) is 2.74. The first-order valence-corrected chi connectivity index (χ1v) is 5.43. The number of carbonyl (C=O) groups is 1. The summed E-state index contributed by atoms with van der Waals surface area (Å²) in [6.07, 6.45) is 3.60. The number of aromatic carboxylic acids is 1. The van der Waals surface area contributed by atoms with Crippen molar-refractivity contribution in [2.24, 2.45) is 5.92 Å². The molecule has 0 aliphatic heterocycles. The van der Waals surface area contributed by atoms with E-state index in [-0.39, 0.29) is 5.56 Å². The summed E-state index contributed by atoms with van der Waals surface area (Å²) in [4.78, 5) is 10.9. The molecule has 1 aliphatic carbocycles. The second-order valence-corrected chi connectivity index (χ2v) is 4.15. The van der Waals surface area contributed by atoms with E-state index in [4.69, 9.17) is 5.11 Å². The normalized spacial score (nSPS) is 14.8. The van der Waals surface area contributed by atoms with Gasteiger partial charge in [-0.1, -0.05) is 12.8 Å². The van der Waals surface area contributed by atoms with Crippen molar-refractivity contribution >= 4 is 11.7 Å². The van der Waals surface area contributed by atoms with E-state index in [1.807, 2.05) is 0 Å². The summed E-state index contributed by atoms with van der Waals surface area (Å²) in [5.41, 5.74) is 0.491. The van der Waals surface area contributed by atoms with Crippen LogP contribution in [-0.2, 0) is 0 Å². The lowest BCUT2D eigenvalue weighted by atomic mass is 10.1. The maximum absolute atomic E-state index is 12.9. The fourth-order valence-electron chi connectivity index (χ4n) is 1.67. The third kappa shape index (κ3) is 2.72. The lowest BCUT2D eigenvalue weighted by Crippen LogP contribution is -2.08. The fourth-order valence-corrected chi connectivity index (χ4v) is 1.67. The summed E-state index contributed by atoms with van der Waals surface area (Å²) in [7, 11) is 0. The van der Waals surface area contributed by atoms with Gasteiger partial charge in [-0.25, -0.2) is 9.18 Å². The van der Waals surface area contributed by atoms with Crippen molar-refractivity contribution in [3.63, 3.8) is 0 Å². The van der Waals surface area contributed by atoms with Crippen molar-refractivity contribution in [1.29, 1.82) is 0 Å². The van der Waals surface area contributed by atoms with Gasteiger partial charge in [0.2, 0.25) is 0 Å². The van der Waals surface area contributed by atoms with Gasteiger partial charge >= 0.3 is 5.97 Å². The molecule has 1 fully saturated rings. The molecule has 0 amide bonds. The van der Waals surface area contributed by atoms with Crippen molar-refractivity contribution in [3.8, 4) is 0 Å². The second-order valence-electron chi connectivity index (χ2n) is 4.15. The minimum Gasteiger partial charge on any atom is -0.478 e. The average molecular weight is 223 g/mol. The van der Waals surface area contributed by atoms with Crippen LogP contribution >= 0.6 is 0 Å². The molecule has 0 aromatic heterocycles. The van der Waals surface area contributed by atoms with Crippen LogP contribution in [0.1, 0.15) is 29.6 Å². The molecule has 1 saturated carbocycles. The van der Waals surface area contributed by atoms with E-state index in [0.29, 0.717) is 5.69 Å². The molecule has 0 bridgehead atoms. The lowest BCUT2D eigenvalue weighted by Gasteiger charge is -2.09. The van der Waals surface area contributed by atoms with Gasteiger partial charge in [-0.05, 0) is 30.5 Å². The largest absolute Gasteiger partial charge is 0.478 e. The highest BCUT2D eigenvalue weighted by Crippen LogP contribution is 2.32. The van der Waals surface area contributed by atoms with Crippen LogP contribution in [0, 0.1) is 11.7 Å². The Hall–Kier alpha value is -1.58. The lowest BCUT2D eigenvalue weighted by molar-refractivity contribution is 0.0697. The third-order valence-electron chi connectivity index (χ3n) is 2.78. The second kappa shape index (κ2) is 4.51. The number of benzene rings is 1. The van der Waals surface area contributed by atoms with Crippen LogP contribution in [0.15, 0.2) is 18.2 Å². The standard InChI is InChI=1S/C12H14FNO2/c13-9-3-4-11(10(7-9)12(15)16)14-6-5-8-1-2-8/h3-4,7-8,14H,1-2,5-6H2,(H,15,16). The van der Waals surface area contributed by atoms with Crippen LogP contribution in [0.25, 0.3) is 0 Å². The van der Waals surface area contributed by atoms with E-state index in [0.717, 1.165) is 24.9 Å². The number of rotatable bonds is 5. The van der Waals surface area contributed by atoms with Crippen LogP contribution < -0.4 is 5.32 Å². The number of carboxylic acids is 1. The highest BCUT2D eigenvalue weighted by Gasteiger charge is 2.20. The Morgan fingerprint density at radius 1 is 1.50 bits per heavy atom. The molecule has 0 unspecified atom stereocenters. The first-order valence-electron chi connectivity index (χ1n) is 5.43. The molecule has 16 heavy (non-hydrogen) atoms. The van der Waals surface area contributed by atoms with Gasteiger partial charge in [-0.3, -0.25) is 0 Å². The minimum atomic E-state index is -1.10. The van der Waals surface area contributed by atoms with Gasteiger partial charge in [0.1, 0.15) is 5.82 Å². The Labute approximate surface area is 93.3 Å². The summed E-state index contributed by atoms with van der Waals surface area (Å²) >= 11 is 0. The molecule has 2 N–H and O–H groups in total. The summed E-state index contributed by atoms with van der Waals surface area (Å²) in [5, 5.41) is 11.9. The SMILES string of the molecule is O=C(O)c1cc(F)ccc1NCCC1CC1. The number of hydrogen-bond acceptors (Lipinski definition) is 2. The van der Waals surface area contributed by atoms with Crippen LogP contribution in [0.5, 0.6) is 0 Å². The summed E-state index contributed by atoms with van der Waals surface area (Å²) in [6, 6.07) is 3.79. The van der Waals surface area contributed by atoms with E-state index in [9.17, 15) is 9.18 Å². The molecule has 1 aromatic rings. The van der Waals surface area contributed by atoms with Gasteiger partial charge in [0.05, 0.1) is 5.56 Å². The Kier molecular flexibility index (Phi) is 3.08. The number of carboxylic acid groups (broad SMARTS) is 1. The van der Waals surface area contributed by atoms with E-state index in [1.54, 1.807) is 0 Å². The molecule has 4 heteroatoms. The van der Waals surface area contributed by atoms with Gasteiger partial charge in [0.15, 0.2) is 0 Å². The van der Waals surface area contributed by atoms with Gasteiger partial charge < -0.3 is 10.4 Å². The Bertz CT molecular complexity index is 402. The number of halogens is 1. The van der Waals surface area contributed by atoms with E-state index >= 15 is 0 Å². The molecule has 0 radical (unpaired) electrons. The Morgan fingerprint density at radius 2 is 2.25 bits per heavy atom. The summed E-state index contributed by atoms with van der Waals surface area (Å²) < 4.78 is 12.9. The maximum Gasteiger partial charge on any atom is 0.337 e. The first kappa shape index (κ1) is 10.9. The number of anilines is 1. The molecule has 86 valence electrons.